The van der Waals surface area contributed by atoms with Crippen LogP contribution in [0.2, 0.25) is 0 Å². The number of hydrogen-bond donors (Lipinski definition) is 1. The molecule has 1 fully saturated rings. The topological polar surface area (TPSA) is 102 Å². The third-order valence-corrected chi connectivity index (χ3v) is 7.98. The maximum absolute atomic E-state index is 13.8. The second kappa shape index (κ2) is 12.2. The van der Waals surface area contributed by atoms with E-state index in [2.05, 4.69) is 5.32 Å². The number of benzene rings is 3. The lowest BCUT2D eigenvalue weighted by atomic mass is 10.0. The molecule has 3 aromatic rings. The predicted octanol–water partition coefficient (Wildman–Crippen LogP) is 3.78. The Kier molecular flexibility index (Phi) is 8.31. The molecule has 0 aliphatic carbocycles. The van der Waals surface area contributed by atoms with E-state index in [-0.39, 0.29) is 24.6 Å². The third-order valence-electron chi connectivity index (χ3n) is 6.64. The fraction of sp³-hybridized carbons (Fsp3) is 0.226. The van der Waals surface area contributed by atoms with E-state index in [1.165, 1.54) is 23.6 Å². The molecule has 2 atom stereocenters. The van der Waals surface area contributed by atoms with Crippen LogP contribution >= 0.6 is 11.8 Å². The summed E-state index contributed by atoms with van der Waals surface area (Å²) >= 11 is 1.40. The van der Waals surface area contributed by atoms with Crippen molar-refractivity contribution in [2.45, 2.75) is 30.9 Å². The molecule has 0 aromatic heterocycles. The van der Waals surface area contributed by atoms with Gasteiger partial charge < -0.3 is 14.8 Å². The molecule has 2 heterocycles. The minimum absolute atomic E-state index is 0.0559. The minimum atomic E-state index is -0.779. The number of thioether (sulfide) groups is 1. The first-order chi connectivity index (χ1) is 19.4. The Labute approximate surface area is 236 Å². The van der Waals surface area contributed by atoms with Crippen LogP contribution in [-0.2, 0) is 35.1 Å². The maximum Gasteiger partial charge on any atom is 0.356 e. The van der Waals surface area contributed by atoms with Crippen molar-refractivity contribution in [3.05, 3.63) is 119 Å². The predicted molar refractivity (Wildman–Crippen MR) is 150 cm³/mol. The van der Waals surface area contributed by atoms with Gasteiger partial charge >= 0.3 is 11.9 Å². The molecule has 204 valence electrons. The number of carbonyl (C=O) groups is 4. The van der Waals surface area contributed by atoms with Gasteiger partial charge in [-0.15, -0.1) is 11.8 Å². The summed E-state index contributed by atoms with van der Waals surface area (Å²) in [5.74, 6) is -1.57. The van der Waals surface area contributed by atoms with Crippen LogP contribution in [0.1, 0.15) is 29.7 Å². The molecule has 1 N–H and O–H groups in total. The Hall–Kier alpha value is -4.37. The molecule has 0 radical (unpaired) electrons. The summed E-state index contributed by atoms with van der Waals surface area (Å²) in [6, 6.07) is 27.1. The normalized spacial score (nSPS) is 18.1. The number of nitrogens with zero attached hydrogens (tertiary/aromatic N) is 1. The fourth-order valence-electron chi connectivity index (χ4n) is 4.72. The van der Waals surface area contributed by atoms with Crippen molar-refractivity contribution in [3.63, 3.8) is 0 Å². The molecule has 1 unspecified atom stereocenters. The Morgan fingerprint density at radius 1 is 0.925 bits per heavy atom. The molecule has 5 rings (SSSR count). The number of carbonyl (C=O) groups excluding carboxylic acids is 4. The maximum atomic E-state index is 13.8. The van der Waals surface area contributed by atoms with Gasteiger partial charge in [0.05, 0.1) is 6.42 Å². The molecule has 40 heavy (non-hydrogen) atoms. The average Bonchev–Trinajstić information content (AvgIpc) is 2.98. The summed E-state index contributed by atoms with van der Waals surface area (Å²) in [7, 11) is 0. The molecule has 9 heteroatoms. The molecule has 8 nitrogen and oxygen atoms in total. The number of esters is 2. The lowest BCUT2D eigenvalue weighted by Gasteiger charge is -2.49. The Morgan fingerprint density at radius 3 is 2.08 bits per heavy atom. The SMILES string of the molecule is CC(=O)OCC1=C(C(=O)OC(c2ccccc2)c2ccccc2)N2C(=O)C(NC(=O)Cc3ccccc3)[C@H]2SC1. The van der Waals surface area contributed by atoms with Crippen LogP contribution in [0.5, 0.6) is 0 Å². The van der Waals surface area contributed by atoms with Crippen molar-refractivity contribution in [2.24, 2.45) is 0 Å². The van der Waals surface area contributed by atoms with Crippen molar-refractivity contribution >= 4 is 35.5 Å². The number of hydrogen-bond acceptors (Lipinski definition) is 7. The molecule has 2 amide bonds. The molecule has 0 bridgehead atoms. The van der Waals surface area contributed by atoms with Gasteiger partial charge in [0.25, 0.3) is 5.91 Å². The average molecular weight is 557 g/mol. The molecule has 0 spiro atoms. The number of rotatable bonds is 9. The van der Waals surface area contributed by atoms with Gasteiger partial charge in [-0.3, -0.25) is 19.3 Å². The highest BCUT2D eigenvalue weighted by atomic mass is 32.2. The lowest BCUT2D eigenvalue weighted by Crippen LogP contribution is -2.70. The monoisotopic (exact) mass is 556 g/mol. The zero-order valence-electron chi connectivity index (χ0n) is 21.8. The van der Waals surface area contributed by atoms with Gasteiger partial charge in [0.1, 0.15) is 23.7 Å². The first-order valence-corrected chi connectivity index (χ1v) is 13.9. The number of β-lactam (4-membered cyclic amide) rings is 1. The first-order valence-electron chi connectivity index (χ1n) is 12.9. The van der Waals surface area contributed by atoms with Crippen LogP contribution in [0, 0.1) is 0 Å². The Bertz CT molecular complexity index is 1390. The highest BCUT2D eigenvalue weighted by molar-refractivity contribution is 8.00. The number of amides is 2. The smallest absolute Gasteiger partial charge is 0.356 e. The second-order valence-corrected chi connectivity index (χ2v) is 10.6. The van der Waals surface area contributed by atoms with Gasteiger partial charge in [0.15, 0.2) is 6.10 Å². The summed E-state index contributed by atoms with van der Waals surface area (Å²) < 4.78 is 11.3. The van der Waals surface area contributed by atoms with Crippen LogP contribution in [0.15, 0.2) is 102 Å². The van der Waals surface area contributed by atoms with Crippen LogP contribution < -0.4 is 5.32 Å². The molecule has 2 aliphatic heterocycles. The molecule has 0 saturated carbocycles. The largest absolute Gasteiger partial charge is 0.461 e. The van der Waals surface area contributed by atoms with Crippen LogP contribution in [0.4, 0.5) is 0 Å². The number of ether oxygens (including phenoxy) is 2. The Morgan fingerprint density at radius 2 is 1.50 bits per heavy atom. The van der Waals surface area contributed by atoms with Crippen LogP contribution in [0.3, 0.4) is 0 Å². The summed E-state index contributed by atoms with van der Waals surface area (Å²) in [6.07, 6.45) is -0.580. The van der Waals surface area contributed by atoms with Crippen molar-refractivity contribution in [2.75, 3.05) is 12.4 Å². The van der Waals surface area contributed by atoms with Crippen molar-refractivity contribution in [1.82, 2.24) is 10.2 Å². The van der Waals surface area contributed by atoms with Gasteiger partial charge in [0.2, 0.25) is 5.91 Å². The van der Waals surface area contributed by atoms with Gasteiger partial charge in [-0.1, -0.05) is 91.0 Å². The van der Waals surface area contributed by atoms with E-state index in [9.17, 15) is 19.2 Å². The van der Waals surface area contributed by atoms with E-state index in [4.69, 9.17) is 9.47 Å². The molecule has 3 aromatic carbocycles. The zero-order valence-corrected chi connectivity index (χ0v) is 22.6. The molecule has 1 saturated heterocycles. The highest BCUT2D eigenvalue weighted by Crippen LogP contribution is 2.41. The number of nitrogens with one attached hydrogen (secondary N) is 1. The van der Waals surface area contributed by atoms with Crippen molar-refractivity contribution < 1.29 is 28.7 Å². The quantitative estimate of drug-likeness (QED) is 0.316. The summed E-state index contributed by atoms with van der Waals surface area (Å²) in [6.45, 7) is 1.14. The molecular formula is C31H28N2O6S. The van der Waals surface area contributed by atoms with E-state index in [1.807, 2.05) is 91.0 Å². The Balaban J connectivity index is 1.39. The highest BCUT2D eigenvalue weighted by Gasteiger charge is 2.54. The lowest BCUT2D eigenvalue weighted by molar-refractivity contribution is -0.155. The van der Waals surface area contributed by atoms with Crippen LogP contribution in [-0.4, -0.2) is 52.4 Å². The zero-order chi connectivity index (χ0) is 28.1. The van der Waals surface area contributed by atoms with E-state index < -0.39 is 35.4 Å². The van der Waals surface area contributed by atoms with Gasteiger partial charge in [-0.2, -0.15) is 0 Å². The third kappa shape index (κ3) is 5.94. The first kappa shape index (κ1) is 27.2. The van der Waals surface area contributed by atoms with E-state index in [0.717, 1.165) is 16.7 Å². The van der Waals surface area contributed by atoms with E-state index in [0.29, 0.717) is 11.3 Å². The minimum Gasteiger partial charge on any atom is -0.461 e. The number of fused-ring (bicyclic) bond motifs is 1. The van der Waals surface area contributed by atoms with Crippen LogP contribution in [0.25, 0.3) is 0 Å². The second-order valence-electron chi connectivity index (χ2n) is 9.46. The van der Waals surface area contributed by atoms with E-state index in [1.54, 1.807) is 0 Å². The van der Waals surface area contributed by atoms with Gasteiger partial charge in [-0.05, 0) is 16.7 Å². The van der Waals surface area contributed by atoms with E-state index >= 15 is 0 Å². The van der Waals surface area contributed by atoms with Crippen molar-refractivity contribution in [1.29, 1.82) is 0 Å². The summed E-state index contributed by atoms with van der Waals surface area (Å²) in [5.41, 5.74) is 2.91. The van der Waals surface area contributed by atoms with Crippen molar-refractivity contribution in [3.8, 4) is 0 Å². The summed E-state index contributed by atoms with van der Waals surface area (Å²) in [4.78, 5) is 52.8. The standard InChI is InChI=1S/C31H28N2O6S/c1-20(34)38-18-24-19-40-30-26(32-25(35)17-21-11-5-2-6-12-21)29(36)33(30)27(24)31(37)39-28(22-13-7-3-8-14-22)23-15-9-4-10-16-23/h2-16,26,28,30H,17-19H2,1H3,(H,32,35)/t26?,30-/m1/s1. The summed E-state index contributed by atoms with van der Waals surface area (Å²) in [5, 5.41) is 2.34. The fourth-order valence-corrected chi connectivity index (χ4v) is 6.05. The molecular weight excluding hydrogens is 528 g/mol. The van der Waals surface area contributed by atoms with Gasteiger partial charge in [0, 0.05) is 18.2 Å². The molecule has 2 aliphatic rings. The van der Waals surface area contributed by atoms with Gasteiger partial charge in [-0.25, -0.2) is 4.79 Å².